The summed E-state index contributed by atoms with van der Waals surface area (Å²) in [6.45, 7) is 0.205. The van der Waals surface area contributed by atoms with Gasteiger partial charge >= 0.3 is 0 Å². The van der Waals surface area contributed by atoms with Gasteiger partial charge in [-0.25, -0.2) is 4.39 Å². The summed E-state index contributed by atoms with van der Waals surface area (Å²) in [7, 11) is 2.84. The molecule has 6 nitrogen and oxygen atoms in total. The van der Waals surface area contributed by atoms with Gasteiger partial charge in [0, 0.05) is 17.5 Å². The minimum atomic E-state index is -0.800. The van der Waals surface area contributed by atoms with E-state index in [1.165, 1.54) is 54.7 Å². The molecule has 9 heteroatoms. The van der Waals surface area contributed by atoms with Crippen LogP contribution in [0, 0.1) is 5.82 Å². The molecule has 176 valence electrons. The first-order valence-corrected chi connectivity index (χ1v) is 11.6. The Morgan fingerprint density at radius 3 is 2.44 bits per heavy atom. The Morgan fingerprint density at radius 1 is 1.12 bits per heavy atom. The Hall–Kier alpha value is -3.36. The number of carbonyl (C=O) groups excluding carboxylic acids is 2. The summed E-state index contributed by atoms with van der Waals surface area (Å²) in [5.41, 5.74) is 0.952. The molecule has 1 atom stereocenters. The van der Waals surface area contributed by atoms with Crippen molar-refractivity contribution >= 4 is 40.4 Å². The zero-order valence-corrected chi connectivity index (χ0v) is 20.0. The fraction of sp³-hybridized carbons (Fsp3) is 0.200. The summed E-state index contributed by atoms with van der Waals surface area (Å²) in [4.78, 5) is 28.4. The molecule has 3 aromatic rings. The van der Waals surface area contributed by atoms with Crippen molar-refractivity contribution in [1.29, 1.82) is 0 Å². The van der Waals surface area contributed by atoms with Crippen LogP contribution >= 0.6 is 22.9 Å². The van der Waals surface area contributed by atoms with Crippen LogP contribution in [0.1, 0.15) is 22.0 Å². The molecule has 1 saturated heterocycles. The monoisotopic (exact) mass is 501 g/mol. The number of ether oxygens (including phenoxy) is 2. The van der Waals surface area contributed by atoms with Crippen molar-refractivity contribution < 1.29 is 28.6 Å². The van der Waals surface area contributed by atoms with Gasteiger partial charge < -0.3 is 19.5 Å². The Kier molecular flexibility index (Phi) is 6.90. The lowest BCUT2D eigenvalue weighted by molar-refractivity contribution is -0.139. The van der Waals surface area contributed by atoms with Crippen molar-refractivity contribution in [1.82, 2.24) is 4.90 Å². The highest BCUT2D eigenvalue weighted by Crippen LogP contribution is 2.44. The number of amides is 1. The Balaban J connectivity index is 1.80. The molecule has 0 spiro atoms. The molecule has 2 heterocycles. The smallest absolute Gasteiger partial charge is 0.295 e. The van der Waals surface area contributed by atoms with Gasteiger partial charge in [0.2, 0.25) is 0 Å². The third kappa shape index (κ3) is 4.38. The van der Waals surface area contributed by atoms with Gasteiger partial charge in [0.05, 0.1) is 36.4 Å². The number of carbonyl (C=O) groups is 2. The topological polar surface area (TPSA) is 76.1 Å². The molecular weight excluding hydrogens is 481 g/mol. The maximum Gasteiger partial charge on any atom is 0.295 e. The first-order valence-electron chi connectivity index (χ1n) is 10.3. The van der Waals surface area contributed by atoms with E-state index in [4.69, 9.17) is 21.1 Å². The number of likely N-dealkylation sites (tertiary alicyclic amines) is 1. The molecule has 34 heavy (non-hydrogen) atoms. The van der Waals surface area contributed by atoms with Crippen LogP contribution in [0.3, 0.4) is 0 Å². The number of rotatable bonds is 7. The lowest BCUT2D eigenvalue weighted by atomic mass is 9.99. The van der Waals surface area contributed by atoms with Gasteiger partial charge in [-0.1, -0.05) is 29.8 Å². The Labute approximate surface area is 204 Å². The highest BCUT2D eigenvalue weighted by Gasteiger charge is 2.46. The number of thiophene rings is 1. The summed E-state index contributed by atoms with van der Waals surface area (Å²) >= 11 is 7.55. The van der Waals surface area contributed by atoms with Crippen LogP contribution in [-0.4, -0.2) is 42.5 Å². The Bertz CT molecular complexity index is 1260. The van der Waals surface area contributed by atoms with Crippen LogP contribution in [0.25, 0.3) is 5.76 Å². The number of aliphatic hydroxyl groups excluding tert-OH is 1. The van der Waals surface area contributed by atoms with E-state index in [0.29, 0.717) is 6.42 Å². The summed E-state index contributed by atoms with van der Waals surface area (Å²) in [6.07, 6.45) is 0.410. The summed E-state index contributed by atoms with van der Waals surface area (Å²) in [6, 6.07) is 11.7. The second-order valence-corrected chi connectivity index (χ2v) is 8.96. The number of hydrogen-bond donors (Lipinski definition) is 1. The number of benzene rings is 2. The predicted molar refractivity (Wildman–Crippen MR) is 128 cm³/mol. The largest absolute Gasteiger partial charge is 0.507 e. The molecule has 1 aliphatic rings. The molecule has 1 fully saturated rings. The molecule has 0 bridgehead atoms. The number of nitrogens with zero attached hydrogens (tertiary/aromatic N) is 1. The fourth-order valence-electron chi connectivity index (χ4n) is 3.94. The van der Waals surface area contributed by atoms with Crippen molar-refractivity contribution in [3.05, 3.63) is 86.3 Å². The van der Waals surface area contributed by atoms with Gasteiger partial charge in [-0.2, -0.15) is 0 Å². The van der Waals surface area contributed by atoms with Crippen molar-refractivity contribution in [2.24, 2.45) is 0 Å². The molecule has 0 radical (unpaired) electrons. The standard InChI is InChI=1S/C25H21ClFNO5S/c1-32-18-13-17(26)19(33-2)12-16(18)23(29)21-22(20-4-3-11-34-20)28(25(31)24(21)30)10-9-14-5-7-15(27)8-6-14/h3-8,11-13,22,29H,9-10H2,1-2H3/b23-21+. The van der Waals surface area contributed by atoms with Gasteiger partial charge in [0.15, 0.2) is 0 Å². The van der Waals surface area contributed by atoms with Crippen LogP contribution in [-0.2, 0) is 16.0 Å². The predicted octanol–water partition coefficient (Wildman–Crippen LogP) is 5.22. The van der Waals surface area contributed by atoms with Crippen LogP contribution in [0.5, 0.6) is 11.5 Å². The van der Waals surface area contributed by atoms with E-state index < -0.39 is 17.7 Å². The zero-order chi connectivity index (χ0) is 24.4. The van der Waals surface area contributed by atoms with Gasteiger partial charge in [0.25, 0.3) is 11.7 Å². The number of methoxy groups -OCH3 is 2. The molecule has 1 unspecified atom stereocenters. The normalized spacial score (nSPS) is 17.3. The average Bonchev–Trinajstić information content (AvgIpc) is 3.45. The quantitative estimate of drug-likeness (QED) is 0.273. The third-order valence-corrected chi connectivity index (χ3v) is 6.86. The average molecular weight is 502 g/mol. The first-order chi connectivity index (χ1) is 16.3. The van der Waals surface area contributed by atoms with Gasteiger partial charge in [-0.15, -0.1) is 11.3 Å². The number of hydrogen-bond acceptors (Lipinski definition) is 6. The maximum absolute atomic E-state index is 13.3. The molecular formula is C25H21ClFNO5S. The molecule has 0 aliphatic carbocycles. The number of halogens is 2. The van der Waals surface area contributed by atoms with E-state index in [9.17, 15) is 19.1 Å². The van der Waals surface area contributed by atoms with Crippen LogP contribution in [0.2, 0.25) is 5.02 Å². The van der Waals surface area contributed by atoms with Gasteiger partial charge in [-0.05, 0) is 41.6 Å². The highest BCUT2D eigenvalue weighted by molar-refractivity contribution is 7.10. The third-order valence-electron chi connectivity index (χ3n) is 5.64. The van der Waals surface area contributed by atoms with Crippen molar-refractivity contribution in [2.75, 3.05) is 20.8 Å². The lowest BCUT2D eigenvalue weighted by Crippen LogP contribution is -2.31. The summed E-state index contributed by atoms with van der Waals surface area (Å²) in [5, 5.41) is 13.4. The second-order valence-electron chi connectivity index (χ2n) is 7.57. The van der Waals surface area contributed by atoms with E-state index in [2.05, 4.69) is 0 Å². The molecule has 4 rings (SSSR count). The molecule has 1 aliphatic heterocycles. The SMILES string of the molecule is COc1cc(/C(O)=C2\C(=O)C(=O)N(CCc3ccc(F)cc3)C2c2cccs2)c(OC)cc1Cl. The van der Waals surface area contributed by atoms with E-state index in [1.54, 1.807) is 18.2 Å². The van der Waals surface area contributed by atoms with Crippen LogP contribution < -0.4 is 9.47 Å². The van der Waals surface area contributed by atoms with Crippen LogP contribution in [0.4, 0.5) is 4.39 Å². The lowest BCUT2D eigenvalue weighted by Gasteiger charge is -2.24. The molecule has 1 aromatic heterocycles. The fourth-order valence-corrected chi connectivity index (χ4v) is 5.02. The number of ketones is 1. The minimum Gasteiger partial charge on any atom is -0.507 e. The van der Waals surface area contributed by atoms with Gasteiger partial charge in [-0.3, -0.25) is 9.59 Å². The first kappa shape index (κ1) is 23.8. The van der Waals surface area contributed by atoms with Gasteiger partial charge in [0.1, 0.15) is 23.1 Å². The van der Waals surface area contributed by atoms with Crippen molar-refractivity contribution in [2.45, 2.75) is 12.5 Å². The maximum atomic E-state index is 13.3. The molecule has 1 N–H and O–H groups in total. The van der Waals surface area contributed by atoms with Crippen molar-refractivity contribution in [3.8, 4) is 11.5 Å². The summed E-state index contributed by atoms with van der Waals surface area (Å²) < 4.78 is 23.9. The van der Waals surface area contributed by atoms with E-state index in [0.717, 1.165) is 10.4 Å². The summed E-state index contributed by atoms with van der Waals surface area (Å²) in [5.74, 6) is -1.75. The molecule has 1 amide bonds. The van der Waals surface area contributed by atoms with E-state index >= 15 is 0 Å². The molecule has 2 aromatic carbocycles. The van der Waals surface area contributed by atoms with E-state index in [1.807, 2.05) is 11.4 Å². The zero-order valence-electron chi connectivity index (χ0n) is 18.4. The molecule has 0 saturated carbocycles. The number of Topliss-reactive ketones (excluding diaryl/α,β-unsaturated/α-hetero) is 1. The van der Waals surface area contributed by atoms with E-state index in [-0.39, 0.29) is 45.8 Å². The second kappa shape index (κ2) is 9.87. The minimum absolute atomic E-state index is 0.0470. The van der Waals surface area contributed by atoms with Crippen molar-refractivity contribution in [3.63, 3.8) is 0 Å². The highest BCUT2D eigenvalue weighted by atomic mass is 35.5. The van der Waals surface area contributed by atoms with Crippen LogP contribution in [0.15, 0.2) is 59.5 Å². The Morgan fingerprint density at radius 2 is 1.82 bits per heavy atom. The number of aliphatic hydroxyl groups is 1.